The number of nitrogens with zero attached hydrogens (tertiary/aromatic N) is 4. The Morgan fingerprint density at radius 2 is 1.53 bits per heavy atom. The van der Waals surface area contributed by atoms with Gasteiger partial charge in [0.15, 0.2) is 0 Å². The molecule has 5 amide bonds. The van der Waals surface area contributed by atoms with E-state index in [0.717, 1.165) is 27.5 Å². The quantitative estimate of drug-likeness (QED) is 0.178. The smallest absolute Gasteiger partial charge is 0.333 e. The lowest BCUT2D eigenvalue weighted by molar-refractivity contribution is -0.187. The predicted molar refractivity (Wildman–Crippen MR) is 201 cm³/mol. The SMILES string of the molecule is CCOP(=O)(CC(=O)Nc1ccc(C[C@H]2C(=O)N(Cc3cccc4ccccc34)CC3N2C(=O)CN(C)N3C(=O)NCc2ccccc2)cc1)OCC. The summed E-state index contributed by atoms with van der Waals surface area (Å²) in [4.78, 5) is 58.2. The van der Waals surface area contributed by atoms with Crippen LogP contribution in [0.25, 0.3) is 10.8 Å². The number of rotatable bonds is 13. The van der Waals surface area contributed by atoms with Gasteiger partial charge in [-0.15, -0.1) is 0 Å². The summed E-state index contributed by atoms with van der Waals surface area (Å²) in [7, 11) is -1.88. The van der Waals surface area contributed by atoms with Crippen LogP contribution in [0.5, 0.6) is 0 Å². The first-order valence-corrected chi connectivity index (χ1v) is 19.5. The third-order valence-electron chi connectivity index (χ3n) is 9.33. The summed E-state index contributed by atoms with van der Waals surface area (Å²) in [6.45, 7) is 4.26. The summed E-state index contributed by atoms with van der Waals surface area (Å²) >= 11 is 0. The molecule has 4 aromatic rings. The van der Waals surface area contributed by atoms with Crippen molar-refractivity contribution in [1.82, 2.24) is 25.1 Å². The van der Waals surface area contributed by atoms with Crippen molar-refractivity contribution in [3.63, 3.8) is 0 Å². The van der Waals surface area contributed by atoms with Gasteiger partial charge in [-0.2, -0.15) is 0 Å². The zero-order chi connectivity index (χ0) is 37.5. The molecule has 4 aromatic carbocycles. The molecule has 0 aliphatic carbocycles. The molecule has 2 atom stereocenters. The normalized spacial score (nSPS) is 17.9. The number of anilines is 1. The zero-order valence-electron chi connectivity index (χ0n) is 30.1. The number of nitrogens with one attached hydrogen (secondary N) is 2. The van der Waals surface area contributed by atoms with E-state index in [4.69, 9.17) is 9.05 Å². The molecule has 13 nitrogen and oxygen atoms in total. The van der Waals surface area contributed by atoms with Gasteiger partial charge in [-0.1, -0.05) is 84.9 Å². The fraction of sp³-hybridized carbons (Fsp3) is 0.333. The van der Waals surface area contributed by atoms with Crippen molar-refractivity contribution < 1.29 is 32.8 Å². The average molecular weight is 741 g/mol. The average Bonchev–Trinajstić information content (AvgIpc) is 3.13. The van der Waals surface area contributed by atoms with Gasteiger partial charge >= 0.3 is 13.6 Å². The molecule has 0 saturated carbocycles. The Labute approximate surface area is 309 Å². The van der Waals surface area contributed by atoms with Crippen LogP contribution in [-0.4, -0.2) is 95.3 Å². The molecule has 2 aliphatic heterocycles. The van der Waals surface area contributed by atoms with Gasteiger partial charge in [0.25, 0.3) is 0 Å². The molecule has 2 fully saturated rings. The van der Waals surface area contributed by atoms with Gasteiger partial charge in [0, 0.05) is 32.2 Å². The maximum absolute atomic E-state index is 14.5. The molecular weight excluding hydrogens is 695 g/mol. The lowest BCUT2D eigenvalue weighted by atomic mass is 9.97. The highest BCUT2D eigenvalue weighted by Gasteiger charge is 2.50. The van der Waals surface area contributed by atoms with Gasteiger partial charge in [-0.25, -0.2) is 14.8 Å². The Morgan fingerprint density at radius 3 is 2.25 bits per heavy atom. The molecule has 2 N–H and O–H groups in total. The first kappa shape index (κ1) is 37.7. The number of amides is 5. The highest BCUT2D eigenvalue weighted by atomic mass is 31.2. The van der Waals surface area contributed by atoms with Crippen molar-refractivity contribution in [2.75, 3.05) is 44.8 Å². The van der Waals surface area contributed by atoms with Crippen LogP contribution in [-0.2, 0) is 47.5 Å². The van der Waals surface area contributed by atoms with Crippen molar-refractivity contribution in [2.24, 2.45) is 0 Å². The number of carbonyl (C=O) groups excluding carboxylic acids is 4. The van der Waals surface area contributed by atoms with Crippen LogP contribution in [0.3, 0.4) is 0 Å². The second kappa shape index (κ2) is 16.7. The van der Waals surface area contributed by atoms with E-state index < -0.39 is 31.9 Å². The highest BCUT2D eigenvalue weighted by Crippen LogP contribution is 2.47. The van der Waals surface area contributed by atoms with Crippen LogP contribution in [0.2, 0.25) is 0 Å². The maximum atomic E-state index is 14.5. The lowest BCUT2D eigenvalue weighted by Gasteiger charge is -2.54. The minimum atomic E-state index is -3.58. The van der Waals surface area contributed by atoms with Gasteiger partial charge in [0.2, 0.25) is 17.7 Å². The van der Waals surface area contributed by atoms with Gasteiger partial charge in [-0.05, 0) is 53.4 Å². The number of likely N-dealkylation sites (N-methyl/N-ethyl adjacent to an activating group) is 1. The molecule has 0 spiro atoms. The monoisotopic (exact) mass is 740 g/mol. The van der Waals surface area contributed by atoms with Crippen molar-refractivity contribution in [1.29, 1.82) is 0 Å². The molecule has 14 heteroatoms. The number of hydrazine groups is 1. The van der Waals surface area contributed by atoms with Crippen molar-refractivity contribution in [3.05, 3.63) is 114 Å². The van der Waals surface area contributed by atoms with E-state index in [2.05, 4.69) is 10.6 Å². The first-order valence-electron chi connectivity index (χ1n) is 17.7. The highest BCUT2D eigenvalue weighted by molar-refractivity contribution is 7.54. The molecule has 2 saturated heterocycles. The van der Waals surface area contributed by atoms with Crippen molar-refractivity contribution in [3.8, 4) is 0 Å². The third-order valence-corrected chi connectivity index (χ3v) is 11.3. The summed E-state index contributed by atoms with van der Waals surface area (Å²) in [5.41, 5.74) is 3.09. The topological polar surface area (TPSA) is 141 Å². The van der Waals surface area contributed by atoms with E-state index in [1.54, 1.807) is 65.0 Å². The molecule has 0 radical (unpaired) electrons. The van der Waals surface area contributed by atoms with Crippen molar-refractivity contribution >= 4 is 47.8 Å². The van der Waals surface area contributed by atoms with Gasteiger partial charge < -0.3 is 29.5 Å². The van der Waals surface area contributed by atoms with Gasteiger partial charge in [0.05, 0.1) is 26.3 Å². The van der Waals surface area contributed by atoms with Gasteiger partial charge in [0.1, 0.15) is 18.4 Å². The molecule has 1 unspecified atom stereocenters. The summed E-state index contributed by atoms with van der Waals surface area (Å²) in [5.74, 6) is -1.01. The number of piperazine rings is 1. The van der Waals surface area contributed by atoms with Crippen LogP contribution in [0, 0.1) is 0 Å². The minimum Gasteiger partial charge on any atom is -0.333 e. The molecule has 6 rings (SSSR count). The molecule has 0 bridgehead atoms. The number of urea groups is 1. The van der Waals surface area contributed by atoms with E-state index in [1.165, 1.54) is 0 Å². The molecule has 53 heavy (non-hydrogen) atoms. The summed E-state index contributed by atoms with van der Waals surface area (Å²) < 4.78 is 23.3. The molecule has 0 aromatic heterocycles. The minimum absolute atomic E-state index is 0.0827. The molecular formula is C39H45N6O7P. The number of carbonyl (C=O) groups is 4. The first-order chi connectivity index (χ1) is 25.6. The second-order valence-corrected chi connectivity index (χ2v) is 15.1. The number of hydrogen-bond acceptors (Lipinski definition) is 8. The van der Waals surface area contributed by atoms with Crippen LogP contribution in [0.15, 0.2) is 97.1 Å². The Hall–Kier alpha value is -5.07. The Kier molecular flexibility index (Phi) is 11.9. The van der Waals surface area contributed by atoms with Crippen molar-refractivity contribution in [2.45, 2.75) is 45.6 Å². The van der Waals surface area contributed by atoms with E-state index in [9.17, 15) is 23.7 Å². The van der Waals surface area contributed by atoms with Crippen LogP contribution < -0.4 is 10.6 Å². The number of fused-ring (bicyclic) bond motifs is 2. The summed E-state index contributed by atoms with van der Waals surface area (Å²) in [5, 5.41) is 11.0. The van der Waals surface area contributed by atoms with Crippen LogP contribution in [0.1, 0.15) is 30.5 Å². The van der Waals surface area contributed by atoms with E-state index >= 15 is 0 Å². The van der Waals surface area contributed by atoms with Crippen LogP contribution in [0.4, 0.5) is 10.5 Å². The van der Waals surface area contributed by atoms with Gasteiger partial charge in [-0.3, -0.25) is 18.9 Å². The van der Waals surface area contributed by atoms with E-state index in [-0.39, 0.29) is 57.1 Å². The third kappa shape index (κ3) is 8.77. The standard InChI is InChI=1S/C39H45N6O7P/c1-4-51-53(50,52-5-2)27-35(46)41-32-20-18-28(19-21-32)22-34-38(48)43(24-31-16-11-15-30-14-9-10-17-33(30)31)25-36-44(34)37(47)26-42(3)45(36)39(49)40-23-29-12-7-6-8-13-29/h6-21,34,36H,4-5,22-27H2,1-3H3,(H,40,49)(H,41,46)/t34-,36?/m0/s1. The van der Waals surface area contributed by atoms with E-state index in [0.29, 0.717) is 12.2 Å². The fourth-order valence-corrected chi connectivity index (χ4v) is 8.46. The van der Waals surface area contributed by atoms with Crippen LogP contribution >= 0.6 is 7.60 Å². The predicted octanol–water partition coefficient (Wildman–Crippen LogP) is 5.22. The number of benzene rings is 4. The molecule has 278 valence electrons. The Morgan fingerprint density at radius 1 is 0.849 bits per heavy atom. The van der Waals surface area contributed by atoms with E-state index in [1.807, 2.05) is 72.8 Å². The maximum Gasteiger partial charge on any atom is 0.340 e. The second-order valence-electron chi connectivity index (χ2n) is 13.0. The summed E-state index contributed by atoms with van der Waals surface area (Å²) in [6, 6.07) is 29.2. The Balaban J connectivity index is 1.26. The Bertz CT molecular complexity index is 1980. The largest absolute Gasteiger partial charge is 0.340 e. The fourth-order valence-electron chi connectivity index (χ4n) is 6.98. The molecule has 2 aliphatic rings. The lowest BCUT2D eigenvalue weighted by Crippen LogP contribution is -2.76. The number of hydrogen-bond donors (Lipinski definition) is 2. The zero-order valence-corrected chi connectivity index (χ0v) is 31.0. The molecule has 2 heterocycles. The summed E-state index contributed by atoms with van der Waals surface area (Å²) in [6.07, 6.45) is -1.02.